The number of aromatic amines is 1. The van der Waals surface area contributed by atoms with E-state index in [1.807, 2.05) is 31.3 Å². The van der Waals surface area contributed by atoms with E-state index in [2.05, 4.69) is 25.9 Å². The predicted molar refractivity (Wildman–Crippen MR) is 53.0 cm³/mol. The molecule has 1 aromatic carbocycles. The molecule has 5 heteroatoms. The molecule has 0 atom stereocenters. The number of hydrogen-bond donors (Lipinski definition) is 2. The molecule has 1 heterocycles. The van der Waals surface area contributed by atoms with E-state index in [4.69, 9.17) is 0 Å². The molecule has 0 unspecified atom stereocenters. The van der Waals surface area contributed by atoms with Crippen molar-refractivity contribution >= 4 is 5.69 Å². The van der Waals surface area contributed by atoms with Crippen molar-refractivity contribution in [2.45, 2.75) is 6.42 Å². The van der Waals surface area contributed by atoms with Crippen LogP contribution >= 0.6 is 0 Å². The first kappa shape index (κ1) is 8.68. The average molecular weight is 189 g/mol. The third kappa shape index (κ3) is 1.87. The lowest BCUT2D eigenvalue weighted by Crippen LogP contribution is -1.92. The van der Waals surface area contributed by atoms with E-state index >= 15 is 0 Å². The molecule has 0 aliphatic carbocycles. The first-order chi connectivity index (χ1) is 6.88. The van der Waals surface area contributed by atoms with Crippen molar-refractivity contribution < 1.29 is 0 Å². The summed E-state index contributed by atoms with van der Waals surface area (Å²) in [6.07, 6.45) is 0.709. The fourth-order valence-electron chi connectivity index (χ4n) is 1.23. The number of tetrazole rings is 1. The molecule has 0 spiro atoms. The maximum Gasteiger partial charge on any atom is 0.178 e. The Labute approximate surface area is 81.5 Å². The van der Waals surface area contributed by atoms with Crippen LogP contribution in [0.2, 0.25) is 0 Å². The highest BCUT2D eigenvalue weighted by molar-refractivity contribution is 5.44. The monoisotopic (exact) mass is 189 g/mol. The highest BCUT2D eigenvalue weighted by atomic mass is 15.5. The molecule has 0 bridgehead atoms. The van der Waals surface area contributed by atoms with E-state index in [0.717, 1.165) is 5.69 Å². The van der Waals surface area contributed by atoms with Gasteiger partial charge in [0, 0.05) is 19.2 Å². The largest absolute Gasteiger partial charge is 0.388 e. The van der Waals surface area contributed by atoms with Gasteiger partial charge in [0.15, 0.2) is 5.82 Å². The van der Waals surface area contributed by atoms with Crippen molar-refractivity contribution in [1.82, 2.24) is 20.6 Å². The van der Waals surface area contributed by atoms with Crippen LogP contribution in [-0.2, 0) is 6.42 Å². The third-order valence-corrected chi connectivity index (χ3v) is 1.99. The van der Waals surface area contributed by atoms with Gasteiger partial charge in [-0.2, -0.15) is 5.21 Å². The average Bonchev–Trinajstić information content (AvgIpc) is 2.72. The molecule has 72 valence electrons. The SMILES string of the molecule is CNc1ccc(Cc2nn[nH]n2)cc1. The zero-order valence-electron chi connectivity index (χ0n) is 7.86. The Morgan fingerprint density at radius 1 is 1.29 bits per heavy atom. The van der Waals surface area contributed by atoms with E-state index in [9.17, 15) is 0 Å². The Morgan fingerprint density at radius 2 is 2.07 bits per heavy atom. The Kier molecular flexibility index (Phi) is 2.40. The van der Waals surface area contributed by atoms with Crippen LogP contribution in [0.4, 0.5) is 5.69 Å². The number of nitrogens with zero attached hydrogens (tertiary/aromatic N) is 3. The molecule has 14 heavy (non-hydrogen) atoms. The van der Waals surface area contributed by atoms with Crippen LogP contribution in [0.25, 0.3) is 0 Å². The summed E-state index contributed by atoms with van der Waals surface area (Å²) in [7, 11) is 1.90. The van der Waals surface area contributed by atoms with Gasteiger partial charge in [0.25, 0.3) is 0 Å². The van der Waals surface area contributed by atoms with Crippen LogP contribution in [0.3, 0.4) is 0 Å². The summed E-state index contributed by atoms with van der Waals surface area (Å²) in [6, 6.07) is 8.13. The van der Waals surface area contributed by atoms with E-state index in [0.29, 0.717) is 12.2 Å². The van der Waals surface area contributed by atoms with E-state index in [1.54, 1.807) is 0 Å². The van der Waals surface area contributed by atoms with E-state index < -0.39 is 0 Å². The standard InChI is InChI=1S/C9H11N5/c1-10-8-4-2-7(3-5-8)6-9-11-13-14-12-9/h2-5,10H,6H2,1H3,(H,11,12,13,14). The van der Waals surface area contributed by atoms with Gasteiger partial charge in [-0.15, -0.1) is 10.2 Å². The summed E-state index contributed by atoms with van der Waals surface area (Å²) in [5.41, 5.74) is 2.27. The second-order valence-electron chi connectivity index (χ2n) is 2.95. The highest BCUT2D eigenvalue weighted by Crippen LogP contribution is 2.10. The third-order valence-electron chi connectivity index (χ3n) is 1.99. The lowest BCUT2D eigenvalue weighted by atomic mass is 10.1. The summed E-state index contributed by atoms with van der Waals surface area (Å²) in [5, 5.41) is 16.8. The summed E-state index contributed by atoms with van der Waals surface area (Å²) in [5.74, 6) is 0.710. The number of rotatable bonds is 3. The van der Waals surface area contributed by atoms with Gasteiger partial charge in [0.2, 0.25) is 0 Å². The van der Waals surface area contributed by atoms with Gasteiger partial charge in [-0.05, 0) is 17.7 Å². The van der Waals surface area contributed by atoms with Crippen molar-refractivity contribution in [2.24, 2.45) is 0 Å². The lowest BCUT2D eigenvalue weighted by Gasteiger charge is -2.00. The molecule has 2 rings (SSSR count). The molecular formula is C9H11N5. The Balaban J connectivity index is 2.10. The zero-order chi connectivity index (χ0) is 9.80. The number of anilines is 1. The van der Waals surface area contributed by atoms with Crippen LogP contribution < -0.4 is 5.32 Å². The van der Waals surface area contributed by atoms with Gasteiger partial charge in [0.05, 0.1) is 0 Å². The first-order valence-electron chi connectivity index (χ1n) is 4.37. The van der Waals surface area contributed by atoms with Gasteiger partial charge in [-0.25, -0.2) is 0 Å². The van der Waals surface area contributed by atoms with Gasteiger partial charge < -0.3 is 5.32 Å². The number of aromatic nitrogens is 4. The molecule has 2 aromatic rings. The maximum absolute atomic E-state index is 3.89. The van der Waals surface area contributed by atoms with Crippen LogP contribution in [0.5, 0.6) is 0 Å². The van der Waals surface area contributed by atoms with Gasteiger partial charge in [-0.1, -0.05) is 17.3 Å². The normalized spacial score (nSPS) is 10.1. The quantitative estimate of drug-likeness (QED) is 0.750. The Bertz CT molecular complexity index is 378. The molecule has 0 fully saturated rings. The zero-order valence-corrected chi connectivity index (χ0v) is 7.86. The van der Waals surface area contributed by atoms with Crippen molar-refractivity contribution in [2.75, 3.05) is 12.4 Å². The molecule has 5 nitrogen and oxygen atoms in total. The fourth-order valence-corrected chi connectivity index (χ4v) is 1.23. The summed E-state index contributed by atoms with van der Waals surface area (Å²) in [4.78, 5) is 0. The topological polar surface area (TPSA) is 66.5 Å². The number of nitrogens with one attached hydrogen (secondary N) is 2. The van der Waals surface area contributed by atoms with Crippen molar-refractivity contribution in [1.29, 1.82) is 0 Å². The van der Waals surface area contributed by atoms with Crippen molar-refractivity contribution in [3.63, 3.8) is 0 Å². The molecular weight excluding hydrogens is 178 g/mol. The molecule has 0 amide bonds. The minimum absolute atomic E-state index is 0.709. The fraction of sp³-hybridized carbons (Fsp3) is 0.222. The second-order valence-corrected chi connectivity index (χ2v) is 2.95. The molecule has 0 aliphatic heterocycles. The molecule has 0 radical (unpaired) electrons. The molecule has 0 aliphatic rings. The Hall–Kier alpha value is -1.91. The Morgan fingerprint density at radius 3 is 2.64 bits per heavy atom. The van der Waals surface area contributed by atoms with Crippen molar-refractivity contribution in [3.05, 3.63) is 35.7 Å². The van der Waals surface area contributed by atoms with Gasteiger partial charge in [-0.3, -0.25) is 0 Å². The number of benzene rings is 1. The van der Waals surface area contributed by atoms with Crippen LogP contribution in [-0.4, -0.2) is 27.7 Å². The molecule has 2 N–H and O–H groups in total. The second kappa shape index (κ2) is 3.87. The van der Waals surface area contributed by atoms with Crippen molar-refractivity contribution in [3.8, 4) is 0 Å². The summed E-state index contributed by atoms with van der Waals surface area (Å²) >= 11 is 0. The summed E-state index contributed by atoms with van der Waals surface area (Å²) < 4.78 is 0. The van der Waals surface area contributed by atoms with Crippen LogP contribution in [0.1, 0.15) is 11.4 Å². The smallest absolute Gasteiger partial charge is 0.178 e. The van der Waals surface area contributed by atoms with Crippen LogP contribution in [0.15, 0.2) is 24.3 Å². The minimum Gasteiger partial charge on any atom is -0.388 e. The van der Waals surface area contributed by atoms with E-state index in [1.165, 1.54) is 5.56 Å². The van der Waals surface area contributed by atoms with Gasteiger partial charge >= 0.3 is 0 Å². The first-order valence-corrected chi connectivity index (χ1v) is 4.37. The minimum atomic E-state index is 0.709. The highest BCUT2D eigenvalue weighted by Gasteiger charge is 1.99. The lowest BCUT2D eigenvalue weighted by molar-refractivity contribution is 0.881. The van der Waals surface area contributed by atoms with Gasteiger partial charge in [0.1, 0.15) is 0 Å². The molecule has 1 aromatic heterocycles. The number of H-pyrrole nitrogens is 1. The van der Waals surface area contributed by atoms with Crippen LogP contribution in [0, 0.1) is 0 Å². The summed E-state index contributed by atoms with van der Waals surface area (Å²) in [6.45, 7) is 0. The van der Waals surface area contributed by atoms with E-state index in [-0.39, 0.29) is 0 Å². The predicted octanol–water partition coefficient (Wildman–Crippen LogP) is 0.832. The number of hydrogen-bond acceptors (Lipinski definition) is 4. The molecule has 0 saturated carbocycles. The molecule has 0 saturated heterocycles. The maximum atomic E-state index is 3.89.